The number of hydrogen-bond donors (Lipinski definition) is 1. The fourth-order valence-corrected chi connectivity index (χ4v) is 3.29. The van der Waals surface area contributed by atoms with Crippen molar-refractivity contribution in [2.24, 2.45) is 5.73 Å². The van der Waals surface area contributed by atoms with Gasteiger partial charge in [0.2, 0.25) is 0 Å². The molecule has 0 amide bonds. The molecule has 0 fully saturated rings. The molecule has 2 atom stereocenters. The molecule has 1 aromatic heterocycles. The molecule has 0 radical (unpaired) electrons. The summed E-state index contributed by atoms with van der Waals surface area (Å²) in [5.41, 5.74) is 8.08. The molecule has 2 N–H and O–H groups in total. The molecule has 0 spiro atoms. The van der Waals surface area contributed by atoms with Gasteiger partial charge in [0.25, 0.3) is 0 Å². The van der Waals surface area contributed by atoms with Gasteiger partial charge in [-0.2, -0.15) is 0 Å². The number of nitrogens with two attached hydrogens (primary N) is 1. The predicted octanol–water partition coefficient (Wildman–Crippen LogP) is 4.49. The summed E-state index contributed by atoms with van der Waals surface area (Å²) in [5.74, 6) is 0. The van der Waals surface area contributed by atoms with Gasteiger partial charge in [-0.1, -0.05) is 23.7 Å². The minimum absolute atomic E-state index is 0.126. The second kappa shape index (κ2) is 6.61. The second-order valence-electron chi connectivity index (χ2n) is 5.26. The minimum atomic E-state index is 0.126. The topological polar surface area (TPSA) is 29.3 Å². The fraction of sp³-hybridized carbons (Fsp3) is 0.375. The van der Waals surface area contributed by atoms with Gasteiger partial charge in [0.1, 0.15) is 0 Å². The van der Waals surface area contributed by atoms with E-state index in [4.69, 9.17) is 17.3 Å². The summed E-state index contributed by atoms with van der Waals surface area (Å²) < 4.78 is 0. The van der Waals surface area contributed by atoms with Crippen LogP contribution in [0.2, 0.25) is 5.02 Å². The molecule has 2 nitrogen and oxygen atoms in total. The molecular formula is C16H21ClN2S. The van der Waals surface area contributed by atoms with E-state index in [0.717, 1.165) is 22.7 Å². The molecule has 0 aliphatic carbocycles. The van der Waals surface area contributed by atoms with Gasteiger partial charge < -0.3 is 10.6 Å². The van der Waals surface area contributed by atoms with Crippen molar-refractivity contribution in [1.29, 1.82) is 0 Å². The average molecular weight is 309 g/mol. The van der Waals surface area contributed by atoms with E-state index in [0.29, 0.717) is 6.04 Å². The molecule has 0 aliphatic heterocycles. The van der Waals surface area contributed by atoms with Crippen LogP contribution in [0.15, 0.2) is 35.7 Å². The van der Waals surface area contributed by atoms with E-state index in [9.17, 15) is 0 Å². The van der Waals surface area contributed by atoms with Gasteiger partial charge in [0.15, 0.2) is 0 Å². The Morgan fingerprint density at radius 1 is 1.30 bits per heavy atom. The molecule has 0 bridgehead atoms. The smallest absolute Gasteiger partial charge is 0.0603 e. The summed E-state index contributed by atoms with van der Waals surface area (Å²) in [6.45, 7) is 4.20. The lowest BCUT2D eigenvalue weighted by Crippen LogP contribution is -2.21. The molecule has 1 heterocycles. The van der Waals surface area contributed by atoms with Gasteiger partial charge in [0.05, 0.1) is 6.04 Å². The van der Waals surface area contributed by atoms with Gasteiger partial charge in [-0.15, -0.1) is 11.3 Å². The van der Waals surface area contributed by atoms with E-state index >= 15 is 0 Å². The van der Waals surface area contributed by atoms with Crippen LogP contribution < -0.4 is 10.6 Å². The molecule has 2 rings (SSSR count). The zero-order valence-electron chi connectivity index (χ0n) is 12.1. The Morgan fingerprint density at radius 3 is 2.60 bits per heavy atom. The fourth-order valence-electron chi connectivity index (χ4n) is 2.21. The third-order valence-electron chi connectivity index (χ3n) is 3.52. The second-order valence-corrected chi connectivity index (χ2v) is 6.65. The zero-order valence-corrected chi connectivity index (χ0v) is 13.7. The first-order chi connectivity index (χ1) is 9.49. The Kier molecular flexibility index (Phi) is 5.08. The van der Waals surface area contributed by atoms with E-state index in [1.165, 1.54) is 4.88 Å². The van der Waals surface area contributed by atoms with Crippen LogP contribution in [0.4, 0.5) is 5.69 Å². The Morgan fingerprint density at radius 2 is 2.05 bits per heavy atom. The summed E-state index contributed by atoms with van der Waals surface area (Å²) in [4.78, 5) is 3.59. The number of anilines is 1. The summed E-state index contributed by atoms with van der Waals surface area (Å²) >= 11 is 8.15. The largest absolute Gasteiger partial charge is 0.367 e. The monoisotopic (exact) mass is 308 g/mol. The maximum absolute atomic E-state index is 6.37. The normalized spacial score (nSPS) is 14.1. The van der Waals surface area contributed by atoms with Crippen LogP contribution in [0.3, 0.4) is 0 Å². The van der Waals surface area contributed by atoms with Crippen molar-refractivity contribution in [3.05, 3.63) is 51.2 Å². The van der Waals surface area contributed by atoms with Crippen LogP contribution in [-0.4, -0.2) is 13.1 Å². The van der Waals surface area contributed by atoms with E-state index in [1.807, 2.05) is 13.0 Å². The minimum Gasteiger partial charge on any atom is -0.367 e. The lowest BCUT2D eigenvalue weighted by molar-refractivity contribution is 0.735. The maximum atomic E-state index is 6.37. The lowest BCUT2D eigenvalue weighted by atomic mass is 10.1. The molecule has 4 heteroatoms. The summed E-state index contributed by atoms with van der Waals surface area (Å²) in [6, 6.07) is 10.9. The highest BCUT2D eigenvalue weighted by atomic mass is 35.5. The van der Waals surface area contributed by atoms with Crippen molar-refractivity contribution < 1.29 is 0 Å². The molecule has 0 saturated heterocycles. The van der Waals surface area contributed by atoms with Crippen molar-refractivity contribution in [2.45, 2.75) is 32.4 Å². The van der Waals surface area contributed by atoms with Gasteiger partial charge in [-0.05, 0) is 49.4 Å². The SMILES string of the molecule is CC(N)Cc1ccc(N(C)C(C)c2cccs2)cc1Cl. The van der Waals surface area contributed by atoms with Crippen molar-refractivity contribution in [3.63, 3.8) is 0 Å². The first-order valence-corrected chi connectivity index (χ1v) is 8.05. The molecule has 20 heavy (non-hydrogen) atoms. The predicted molar refractivity (Wildman–Crippen MR) is 89.9 cm³/mol. The van der Waals surface area contributed by atoms with Crippen molar-refractivity contribution in [3.8, 4) is 0 Å². The first kappa shape index (κ1) is 15.4. The van der Waals surface area contributed by atoms with Crippen molar-refractivity contribution in [2.75, 3.05) is 11.9 Å². The molecule has 2 unspecified atom stereocenters. The molecule has 108 valence electrons. The number of benzene rings is 1. The molecule has 2 aromatic rings. The third kappa shape index (κ3) is 3.54. The Labute approximate surface area is 130 Å². The van der Waals surface area contributed by atoms with Gasteiger partial charge in [-0.25, -0.2) is 0 Å². The quantitative estimate of drug-likeness (QED) is 0.882. The molecule has 0 aliphatic rings. The van der Waals surface area contributed by atoms with Crippen molar-refractivity contribution >= 4 is 28.6 Å². The number of thiophene rings is 1. The number of hydrogen-bond acceptors (Lipinski definition) is 3. The van der Waals surface area contributed by atoms with E-state index in [-0.39, 0.29) is 6.04 Å². The highest BCUT2D eigenvalue weighted by molar-refractivity contribution is 7.10. The summed E-state index contributed by atoms with van der Waals surface area (Å²) in [6.07, 6.45) is 0.809. The van der Waals surface area contributed by atoms with E-state index < -0.39 is 0 Å². The highest BCUT2D eigenvalue weighted by Gasteiger charge is 2.14. The first-order valence-electron chi connectivity index (χ1n) is 6.79. The van der Waals surface area contributed by atoms with Gasteiger partial charge in [0, 0.05) is 28.7 Å². The van der Waals surface area contributed by atoms with Crippen LogP contribution in [0.1, 0.15) is 30.3 Å². The third-order valence-corrected chi connectivity index (χ3v) is 4.92. The standard InChI is InChI=1S/C16H21ClN2S/c1-11(18)9-13-6-7-14(10-15(13)17)19(3)12(2)16-5-4-8-20-16/h4-8,10-12H,9,18H2,1-3H3. The van der Waals surface area contributed by atoms with E-state index in [1.54, 1.807) is 11.3 Å². The van der Waals surface area contributed by atoms with Gasteiger partial charge in [-0.3, -0.25) is 0 Å². The van der Waals surface area contributed by atoms with Crippen molar-refractivity contribution in [1.82, 2.24) is 0 Å². The molecule has 0 saturated carbocycles. The Hall–Kier alpha value is -1.03. The summed E-state index contributed by atoms with van der Waals surface area (Å²) in [7, 11) is 2.10. The summed E-state index contributed by atoms with van der Waals surface area (Å²) in [5, 5.41) is 2.91. The van der Waals surface area contributed by atoms with Crippen LogP contribution in [0, 0.1) is 0 Å². The number of rotatable bonds is 5. The molecule has 1 aromatic carbocycles. The maximum Gasteiger partial charge on any atom is 0.0603 e. The lowest BCUT2D eigenvalue weighted by Gasteiger charge is -2.27. The van der Waals surface area contributed by atoms with Gasteiger partial charge >= 0.3 is 0 Å². The highest BCUT2D eigenvalue weighted by Crippen LogP contribution is 2.31. The number of nitrogens with zero attached hydrogens (tertiary/aromatic N) is 1. The van der Waals surface area contributed by atoms with Crippen LogP contribution in [0.25, 0.3) is 0 Å². The molecular weight excluding hydrogens is 288 g/mol. The zero-order chi connectivity index (χ0) is 14.7. The van der Waals surface area contributed by atoms with Crippen LogP contribution >= 0.6 is 22.9 Å². The van der Waals surface area contributed by atoms with Crippen LogP contribution in [0.5, 0.6) is 0 Å². The van der Waals surface area contributed by atoms with Crippen LogP contribution in [-0.2, 0) is 6.42 Å². The average Bonchev–Trinajstić information content (AvgIpc) is 2.93. The Bertz CT molecular complexity index is 552. The van der Waals surface area contributed by atoms with E-state index in [2.05, 4.69) is 48.5 Å². The number of halogens is 1. The Balaban J connectivity index is 2.18.